The van der Waals surface area contributed by atoms with Gasteiger partial charge in [0.2, 0.25) is 0 Å². The van der Waals surface area contributed by atoms with Crippen LogP contribution in [0.25, 0.3) is 5.65 Å². The van der Waals surface area contributed by atoms with Gasteiger partial charge in [0.25, 0.3) is 0 Å². The van der Waals surface area contributed by atoms with E-state index in [1.165, 1.54) is 0 Å². The number of hydrogen-bond donors (Lipinski definition) is 2. The Morgan fingerprint density at radius 3 is 2.39 bits per heavy atom. The van der Waals surface area contributed by atoms with E-state index in [2.05, 4.69) is 33.9 Å². The van der Waals surface area contributed by atoms with Crippen molar-refractivity contribution in [3.05, 3.63) is 90.5 Å². The topological polar surface area (TPSA) is 80.5 Å². The molecule has 0 saturated heterocycles. The molecule has 33 heavy (non-hydrogen) atoms. The highest BCUT2D eigenvalue weighted by molar-refractivity contribution is 5.92. The molecule has 0 atom stereocenters. The lowest BCUT2D eigenvalue weighted by Gasteiger charge is -2.20. The first-order chi connectivity index (χ1) is 15.5. The minimum atomic E-state index is -0.596. The highest BCUT2D eigenvalue weighted by Gasteiger charge is 2.18. The van der Waals surface area contributed by atoms with E-state index in [-0.39, 0.29) is 0 Å². The number of nitrogens with zero attached hydrogens (tertiary/aromatic N) is 3. The van der Waals surface area contributed by atoms with Gasteiger partial charge in [-0.15, -0.1) is 0 Å². The zero-order chi connectivity index (χ0) is 24.6. The number of fused-ring (bicyclic) bond motifs is 1. The van der Waals surface area contributed by atoms with Crippen molar-refractivity contribution in [1.29, 1.82) is 0 Å². The van der Waals surface area contributed by atoms with Crippen LogP contribution >= 0.6 is 0 Å². The lowest BCUT2D eigenvalue weighted by atomic mass is 10.1. The van der Waals surface area contributed by atoms with Gasteiger partial charge in [0.05, 0.1) is 11.8 Å². The van der Waals surface area contributed by atoms with Crippen molar-refractivity contribution >= 4 is 23.3 Å². The quantitative estimate of drug-likeness (QED) is 0.281. The molecule has 0 spiro atoms. The maximum Gasteiger partial charge on any atom is 0.338 e. The molecule has 0 saturated carbocycles. The molecule has 2 aromatic heterocycles. The van der Waals surface area contributed by atoms with Crippen molar-refractivity contribution in [2.24, 2.45) is 0 Å². The van der Waals surface area contributed by atoms with E-state index in [0.717, 1.165) is 11.3 Å². The number of anilines is 2. The van der Waals surface area contributed by atoms with Crippen LogP contribution in [0.4, 0.5) is 11.6 Å². The average Bonchev–Trinajstić information content (AvgIpc) is 3.15. The first-order valence-electron chi connectivity index (χ1n) is 10.6. The maximum atomic E-state index is 12.6. The molecule has 7 nitrogen and oxygen atoms in total. The zero-order valence-corrected chi connectivity index (χ0v) is 20.3. The molecular formula is C26H33N5O2. The SMILES string of the molecule is C=C/C=C(\C=C(C)C)Nc1cc(N/C(C)=C/C(=C\C=C)C(=O)OC(C)(C)C)n2nccc2n1. The number of hydrogen-bond acceptors (Lipinski definition) is 6. The Labute approximate surface area is 195 Å². The van der Waals surface area contributed by atoms with Crippen molar-refractivity contribution in [1.82, 2.24) is 14.6 Å². The van der Waals surface area contributed by atoms with E-state index in [4.69, 9.17) is 4.74 Å². The minimum absolute atomic E-state index is 0.383. The number of carbonyl (C=O) groups excluding carboxylic acids is 1. The van der Waals surface area contributed by atoms with Crippen LogP contribution in [0.2, 0.25) is 0 Å². The maximum absolute atomic E-state index is 12.6. The van der Waals surface area contributed by atoms with Crippen LogP contribution < -0.4 is 10.6 Å². The third-order valence-electron chi connectivity index (χ3n) is 4.00. The van der Waals surface area contributed by atoms with Crippen molar-refractivity contribution in [3.63, 3.8) is 0 Å². The number of nitrogens with one attached hydrogen (secondary N) is 2. The zero-order valence-electron chi connectivity index (χ0n) is 20.3. The van der Waals surface area contributed by atoms with E-state index >= 15 is 0 Å². The standard InChI is InChI=1S/C26H33N5O2/c1-9-11-20(25(32)33-26(6,7)8)16-19(5)28-24-17-22(30-23-13-14-27-31(23)24)29-21(12-10-2)15-18(3)4/h9-17,28H,1-2H2,3-8H3,(H,29,30)/b19-16+,20-11+,21-12+. The summed E-state index contributed by atoms with van der Waals surface area (Å²) in [4.78, 5) is 17.2. The van der Waals surface area contributed by atoms with E-state index in [1.807, 2.05) is 65.8 Å². The van der Waals surface area contributed by atoms with Crippen LogP contribution in [-0.4, -0.2) is 26.2 Å². The van der Waals surface area contributed by atoms with Gasteiger partial charge in [0, 0.05) is 23.5 Å². The van der Waals surface area contributed by atoms with Crippen LogP contribution in [-0.2, 0) is 9.53 Å². The Bertz CT molecular complexity index is 1150. The summed E-state index contributed by atoms with van der Waals surface area (Å²) in [5, 5.41) is 11.0. The van der Waals surface area contributed by atoms with E-state index in [9.17, 15) is 4.79 Å². The summed E-state index contributed by atoms with van der Waals surface area (Å²) in [6.45, 7) is 18.9. The van der Waals surface area contributed by atoms with Gasteiger partial charge in [0.15, 0.2) is 5.65 Å². The molecule has 0 aliphatic rings. The van der Waals surface area contributed by atoms with Crippen LogP contribution in [0.5, 0.6) is 0 Å². The number of esters is 1. The molecule has 2 aromatic rings. The predicted molar refractivity (Wildman–Crippen MR) is 136 cm³/mol. The van der Waals surface area contributed by atoms with Gasteiger partial charge in [-0.1, -0.05) is 30.9 Å². The molecule has 2 N–H and O–H groups in total. The summed E-state index contributed by atoms with van der Waals surface area (Å²) in [6.07, 6.45) is 12.2. The third-order valence-corrected chi connectivity index (χ3v) is 4.00. The molecule has 0 radical (unpaired) electrons. The van der Waals surface area contributed by atoms with Gasteiger partial charge < -0.3 is 15.4 Å². The highest BCUT2D eigenvalue weighted by atomic mass is 16.6. The third kappa shape index (κ3) is 7.96. The van der Waals surface area contributed by atoms with Gasteiger partial charge in [-0.2, -0.15) is 9.61 Å². The summed E-state index contributed by atoms with van der Waals surface area (Å²) in [5.41, 5.74) is 3.17. The van der Waals surface area contributed by atoms with E-state index in [1.54, 1.807) is 35.0 Å². The second-order valence-electron chi connectivity index (χ2n) is 8.64. The summed E-state index contributed by atoms with van der Waals surface area (Å²) in [5.74, 6) is 0.891. The Morgan fingerprint density at radius 1 is 1.09 bits per heavy atom. The van der Waals surface area contributed by atoms with Crippen molar-refractivity contribution < 1.29 is 9.53 Å². The van der Waals surface area contributed by atoms with Crippen molar-refractivity contribution in [2.75, 3.05) is 10.6 Å². The lowest BCUT2D eigenvalue weighted by molar-refractivity contribution is -0.149. The molecule has 2 heterocycles. The Hall–Kier alpha value is -3.87. The molecular weight excluding hydrogens is 414 g/mol. The molecule has 174 valence electrons. The molecule has 0 aromatic carbocycles. The first-order valence-corrected chi connectivity index (χ1v) is 10.6. The number of rotatable bonds is 9. The molecule has 0 amide bonds. The number of ether oxygens (including phenoxy) is 1. The van der Waals surface area contributed by atoms with Gasteiger partial charge in [-0.25, -0.2) is 9.78 Å². The summed E-state index contributed by atoms with van der Waals surface area (Å²) < 4.78 is 7.18. The van der Waals surface area contributed by atoms with Crippen LogP contribution in [0.15, 0.2) is 90.5 Å². The molecule has 0 aliphatic heterocycles. The Balaban J connectivity index is 2.39. The van der Waals surface area contributed by atoms with Crippen LogP contribution in [0.1, 0.15) is 41.5 Å². The lowest BCUT2D eigenvalue weighted by Crippen LogP contribution is -2.24. The molecule has 7 heteroatoms. The molecule has 0 aliphatic carbocycles. The van der Waals surface area contributed by atoms with Crippen molar-refractivity contribution in [2.45, 2.75) is 47.1 Å². The monoisotopic (exact) mass is 447 g/mol. The molecule has 0 fully saturated rings. The smallest absolute Gasteiger partial charge is 0.338 e. The largest absolute Gasteiger partial charge is 0.456 e. The van der Waals surface area contributed by atoms with Crippen LogP contribution in [0, 0.1) is 0 Å². The second kappa shape index (κ2) is 11.1. The first kappa shape index (κ1) is 25.4. The Morgan fingerprint density at radius 2 is 1.79 bits per heavy atom. The van der Waals surface area contributed by atoms with Gasteiger partial charge in [-0.3, -0.25) is 0 Å². The summed E-state index contributed by atoms with van der Waals surface area (Å²) in [6, 6.07) is 3.66. The highest BCUT2D eigenvalue weighted by Crippen LogP contribution is 2.20. The molecule has 2 rings (SSSR count). The predicted octanol–water partition coefficient (Wildman–Crippen LogP) is 5.95. The average molecular weight is 448 g/mol. The van der Waals surface area contributed by atoms with E-state index < -0.39 is 11.6 Å². The minimum Gasteiger partial charge on any atom is -0.456 e. The fourth-order valence-electron chi connectivity index (χ4n) is 2.89. The normalized spacial score (nSPS) is 12.8. The van der Waals surface area contributed by atoms with Gasteiger partial charge in [0.1, 0.15) is 17.2 Å². The van der Waals surface area contributed by atoms with Gasteiger partial charge >= 0.3 is 5.97 Å². The second-order valence-corrected chi connectivity index (χ2v) is 8.64. The summed E-state index contributed by atoms with van der Waals surface area (Å²) >= 11 is 0. The molecule has 0 unspecified atom stereocenters. The number of allylic oxidation sites excluding steroid dienone is 7. The fraction of sp³-hybridized carbons (Fsp3) is 0.269. The summed E-state index contributed by atoms with van der Waals surface area (Å²) in [7, 11) is 0. The fourth-order valence-corrected chi connectivity index (χ4v) is 2.89. The molecule has 0 bridgehead atoms. The number of carbonyl (C=O) groups is 1. The van der Waals surface area contributed by atoms with Gasteiger partial charge in [-0.05, 0) is 65.8 Å². The van der Waals surface area contributed by atoms with Crippen molar-refractivity contribution in [3.8, 4) is 0 Å². The Kier molecular flexibility index (Phi) is 8.56. The number of aromatic nitrogens is 3. The van der Waals surface area contributed by atoms with E-state index in [0.29, 0.717) is 28.6 Å². The van der Waals surface area contributed by atoms with Crippen LogP contribution in [0.3, 0.4) is 0 Å².